The largest absolute Gasteiger partial charge is 0.213 e. The topological polar surface area (TPSA) is 18.5 Å². The van der Waals surface area contributed by atoms with E-state index in [-0.39, 0.29) is 0 Å². The summed E-state index contributed by atoms with van der Waals surface area (Å²) in [6.07, 6.45) is 0. The summed E-state index contributed by atoms with van der Waals surface area (Å²) < 4.78 is 10.8. The van der Waals surface area contributed by atoms with Crippen LogP contribution >= 0.6 is 15.6 Å². The zero-order chi connectivity index (χ0) is 10.6. The van der Waals surface area contributed by atoms with Crippen LogP contribution in [0.1, 0.15) is 0 Å². The van der Waals surface area contributed by atoms with Crippen molar-refractivity contribution in [1.29, 1.82) is 0 Å². The lowest BCUT2D eigenvalue weighted by molar-refractivity contribution is -0.0772. The monoisotopic (exact) mass is 231 g/mol. The highest BCUT2D eigenvalue weighted by Gasteiger charge is 2.32. The van der Waals surface area contributed by atoms with Crippen LogP contribution in [0.15, 0.2) is 30.3 Å². The second-order valence-electron chi connectivity index (χ2n) is 3.65. The lowest BCUT2D eigenvalue weighted by Gasteiger charge is -2.15. The van der Waals surface area contributed by atoms with Gasteiger partial charge in [-0.15, -0.1) is 0 Å². The van der Waals surface area contributed by atoms with Gasteiger partial charge in [-0.2, -0.15) is 4.67 Å². The molecule has 0 spiro atoms. The predicted octanol–water partition coefficient (Wildman–Crippen LogP) is 3.11. The Morgan fingerprint density at radius 1 is 1.07 bits per heavy atom. The van der Waals surface area contributed by atoms with Gasteiger partial charge >= 0.3 is 0 Å². The van der Waals surface area contributed by atoms with Gasteiger partial charge in [0.05, 0.1) is 21.5 Å². The van der Waals surface area contributed by atoms with Gasteiger partial charge in [-0.05, 0) is 25.5 Å². The van der Waals surface area contributed by atoms with Gasteiger partial charge in [0.25, 0.3) is 0 Å². The van der Waals surface area contributed by atoms with Crippen LogP contribution in [0.5, 0.6) is 0 Å². The molecule has 0 aliphatic rings. The molecule has 0 unspecified atom stereocenters. The smallest absolute Gasteiger partial charge is 0.179 e. The molecule has 0 aliphatic carbocycles. The average Bonchev–Trinajstić information content (AvgIpc) is 2.16. The third-order valence-electron chi connectivity index (χ3n) is 1.75. The molecule has 14 heavy (non-hydrogen) atoms. The Labute approximate surface area is 87.8 Å². The fraction of sp³-hybridized carbons (Fsp3) is 0.400. The normalized spacial score (nSPS) is 12.1. The van der Waals surface area contributed by atoms with Crippen LogP contribution in [-0.4, -0.2) is 26.7 Å². The van der Waals surface area contributed by atoms with Crippen LogP contribution in [0.25, 0.3) is 0 Å². The van der Waals surface area contributed by atoms with Gasteiger partial charge in [-0.1, -0.05) is 22.9 Å². The fourth-order valence-electron chi connectivity index (χ4n) is 0.980. The first-order valence-corrected chi connectivity index (χ1v) is 9.21. The second kappa shape index (κ2) is 5.19. The summed E-state index contributed by atoms with van der Waals surface area (Å²) in [5, 5.41) is 1.23. The highest BCUT2D eigenvalue weighted by molar-refractivity contribution is 7.77. The zero-order valence-electron chi connectivity index (χ0n) is 9.10. The molecule has 0 N–H and O–H groups in total. The van der Waals surface area contributed by atoms with Crippen LogP contribution in [0, 0.1) is 0 Å². The molecule has 0 fully saturated rings. The molecule has 0 saturated heterocycles. The SMILES string of the molecule is CP(C)OO[P+](C)(C)c1ccccc1. The van der Waals surface area contributed by atoms with Crippen LogP contribution in [-0.2, 0) is 9.35 Å². The lowest BCUT2D eigenvalue weighted by Crippen LogP contribution is -2.10. The van der Waals surface area contributed by atoms with Crippen molar-refractivity contribution < 1.29 is 9.35 Å². The zero-order valence-corrected chi connectivity index (χ0v) is 10.9. The van der Waals surface area contributed by atoms with Gasteiger partial charge in [0, 0.05) is 0 Å². The molecule has 1 aromatic carbocycles. The molecule has 4 heteroatoms. The molecular weight excluding hydrogens is 214 g/mol. The van der Waals surface area contributed by atoms with Crippen molar-refractivity contribution in [2.45, 2.75) is 0 Å². The van der Waals surface area contributed by atoms with Crippen molar-refractivity contribution in [2.75, 3.05) is 26.7 Å². The van der Waals surface area contributed by atoms with Crippen LogP contribution in [0.3, 0.4) is 0 Å². The molecule has 1 rings (SSSR count). The quantitative estimate of drug-likeness (QED) is 0.450. The number of rotatable bonds is 4. The summed E-state index contributed by atoms with van der Waals surface area (Å²) >= 11 is 0. The van der Waals surface area contributed by atoms with Crippen LogP contribution in [0.4, 0.5) is 0 Å². The van der Waals surface area contributed by atoms with Gasteiger partial charge in [0.2, 0.25) is 7.49 Å². The molecule has 0 saturated carbocycles. The molecule has 1 aromatic rings. The van der Waals surface area contributed by atoms with E-state index in [1.54, 1.807) is 0 Å². The van der Waals surface area contributed by atoms with Crippen molar-refractivity contribution >= 4 is 20.9 Å². The van der Waals surface area contributed by atoms with E-state index in [2.05, 4.69) is 25.5 Å². The maximum atomic E-state index is 5.52. The number of hydrogen-bond acceptors (Lipinski definition) is 2. The highest BCUT2D eigenvalue weighted by atomic mass is 31.2. The van der Waals surface area contributed by atoms with E-state index in [0.29, 0.717) is 0 Å². The summed E-state index contributed by atoms with van der Waals surface area (Å²) in [5.41, 5.74) is 0. The van der Waals surface area contributed by atoms with Gasteiger partial charge < -0.3 is 0 Å². The maximum absolute atomic E-state index is 5.52. The first kappa shape index (κ1) is 12.1. The molecule has 0 heterocycles. The second-order valence-corrected chi connectivity index (χ2v) is 8.79. The predicted molar refractivity (Wildman–Crippen MR) is 65.8 cm³/mol. The molecule has 0 aromatic heterocycles. The minimum Gasteiger partial charge on any atom is -0.179 e. The van der Waals surface area contributed by atoms with Gasteiger partial charge in [-0.25, -0.2) is 0 Å². The van der Waals surface area contributed by atoms with Crippen molar-refractivity contribution in [1.82, 2.24) is 0 Å². The summed E-state index contributed by atoms with van der Waals surface area (Å²) in [6, 6.07) is 10.2. The molecule has 0 bridgehead atoms. The Bertz CT molecular complexity index is 273. The van der Waals surface area contributed by atoms with E-state index < -0.39 is 15.6 Å². The van der Waals surface area contributed by atoms with Gasteiger partial charge in [0.1, 0.15) is 5.30 Å². The third-order valence-corrected chi connectivity index (χ3v) is 4.23. The average molecular weight is 231 g/mol. The Hall–Kier alpha value is 0. The Balaban J connectivity index is 2.66. The van der Waals surface area contributed by atoms with E-state index >= 15 is 0 Å². The third kappa shape index (κ3) is 3.63. The highest BCUT2D eigenvalue weighted by Crippen LogP contribution is 2.53. The van der Waals surface area contributed by atoms with Crippen LogP contribution in [0.2, 0.25) is 0 Å². The van der Waals surface area contributed by atoms with Crippen molar-refractivity contribution in [3.63, 3.8) is 0 Å². The Morgan fingerprint density at radius 2 is 1.64 bits per heavy atom. The first-order valence-electron chi connectivity index (χ1n) is 4.45. The molecule has 0 amide bonds. The molecule has 0 aliphatic heterocycles. The summed E-state index contributed by atoms with van der Waals surface area (Å²) in [7, 11) is -2.00. The number of benzene rings is 1. The maximum Gasteiger partial charge on any atom is 0.213 e. The Morgan fingerprint density at radius 3 is 2.14 bits per heavy atom. The van der Waals surface area contributed by atoms with Crippen molar-refractivity contribution in [3.8, 4) is 0 Å². The lowest BCUT2D eigenvalue weighted by atomic mass is 10.4. The van der Waals surface area contributed by atoms with E-state index in [9.17, 15) is 0 Å². The van der Waals surface area contributed by atoms with E-state index in [4.69, 9.17) is 9.35 Å². The van der Waals surface area contributed by atoms with Gasteiger partial charge in [-0.3, -0.25) is 0 Å². The fourth-order valence-corrected chi connectivity index (χ4v) is 3.16. The molecule has 78 valence electrons. The molecule has 0 atom stereocenters. The van der Waals surface area contributed by atoms with Crippen molar-refractivity contribution in [2.24, 2.45) is 0 Å². The minimum atomic E-state index is -1.55. The van der Waals surface area contributed by atoms with Gasteiger partial charge in [0.15, 0.2) is 0 Å². The molecule has 0 radical (unpaired) electrons. The van der Waals surface area contributed by atoms with Crippen LogP contribution < -0.4 is 5.30 Å². The minimum absolute atomic E-state index is 0.450. The molecule has 2 nitrogen and oxygen atoms in total. The van der Waals surface area contributed by atoms with E-state index in [1.807, 2.05) is 31.5 Å². The summed E-state index contributed by atoms with van der Waals surface area (Å²) in [4.78, 5) is 0. The first-order chi connectivity index (χ1) is 6.52. The van der Waals surface area contributed by atoms with E-state index in [1.165, 1.54) is 5.30 Å². The summed E-state index contributed by atoms with van der Waals surface area (Å²) in [5.74, 6) is 0. The van der Waals surface area contributed by atoms with Crippen molar-refractivity contribution in [3.05, 3.63) is 30.3 Å². The number of hydrogen-bond donors (Lipinski definition) is 0. The molecular formula is C10H17O2P2+. The van der Waals surface area contributed by atoms with E-state index in [0.717, 1.165) is 0 Å². The summed E-state index contributed by atoms with van der Waals surface area (Å²) in [6.45, 7) is 8.28. The standard InChI is InChI=1S/C10H17O2P2/c1-13(2)11-12-14(3,4)10-8-6-5-7-9-10/h5-9H,1-4H3/q+1. The Kier molecular flexibility index (Phi) is 4.47.